The Bertz CT molecular complexity index is 1260. The van der Waals surface area contributed by atoms with Crippen molar-refractivity contribution in [1.82, 2.24) is 10.3 Å². The van der Waals surface area contributed by atoms with Crippen LogP contribution >= 0.6 is 0 Å². The first-order valence-electron chi connectivity index (χ1n) is 10.2. The molecule has 1 aliphatic heterocycles. The summed E-state index contributed by atoms with van der Waals surface area (Å²) >= 11 is 0. The highest BCUT2D eigenvalue weighted by Crippen LogP contribution is 2.33. The van der Waals surface area contributed by atoms with E-state index >= 15 is 4.39 Å². The second-order valence-electron chi connectivity index (χ2n) is 7.54. The Hall–Kier alpha value is -3.88. The average Bonchev–Trinajstić information content (AvgIpc) is 2.96. The number of fused-ring (bicyclic) bond motifs is 1. The van der Waals surface area contributed by atoms with Crippen LogP contribution in [0.25, 0.3) is 0 Å². The smallest absolute Gasteiger partial charge is 0.263 e. The number of nitrogens with zero attached hydrogens (tertiary/aromatic N) is 2. The van der Waals surface area contributed by atoms with Gasteiger partial charge in [0.2, 0.25) is 0 Å². The van der Waals surface area contributed by atoms with Gasteiger partial charge in [-0.25, -0.2) is 18.2 Å². The summed E-state index contributed by atoms with van der Waals surface area (Å²) < 4.78 is 49.4. The molecule has 9 heteroatoms. The number of anilines is 1. The fourth-order valence-corrected chi connectivity index (χ4v) is 3.73. The van der Waals surface area contributed by atoms with Gasteiger partial charge in [-0.2, -0.15) is 0 Å². The number of carbonyl (C=O) groups excluding carboxylic acids is 2. The zero-order valence-electron chi connectivity index (χ0n) is 17.9. The van der Waals surface area contributed by atoms with Crippen molar-refractivity contribution < 1.29 is 27.5 Å². The summed E-state index contributed by atoms with van der Waals surface area (Å²) in [4.78, 5) is 30.0. The molecule has 0 spiro atoms. The van der Waals surface area contributed by atoms with Crippen molar-refractivity contribution in [3.63, 3.8) is 0 Å². The second kappa shape index (κ2) is 8.93. The molecular formula is C24H20F3N3O3. The molecule has 0 saturated carbocycles. The lowest BCUT2D eigenvalue weighted by molar-refractivity contribution is 0.0957. The van der Waals surface area contributed by atoms with Crippen LogP contribution in [0.2, 0.25) is 0 Å². The molecule has 1 aliphatic rings. The maximum absolute atomic E-state index is 15.2. The van der Waals surface area contributed by atoms with Gasteiger partial charge < -0.3 is 10.1 Å². The molecule has 170 valence electrons. The minimum atomic E-state index is -0.712. The van der Waals surface area contributed by atoms with Gasteiger partial charge in [-0.3, -0.25) is 14.5 Å². The Morgan fingerprint density at radius 2 is 1.97 bits per heavy atom. The zero-order chi connectivity index (χ0) is 23.7. The first-order valence-corrected chi connectivity index (χ1v) is 10.2. The van der Waals surface area contributed by atoms with E-state index in [1.165, 1.54) is 50.5 Å². The maximum Gasteiger partial charge on any atom is 0.263 e. The minimum absolute atomic E-state index is 0.0125. The lowest BCUT2D eigenvalue weighted by Crippen LogP contribution is -2.33. The lowest BCUT2D eigenvalue weighted by Gasteiger charge is -2.19. The van der Waals surface area contributed by atoms with Gasteiger partial charge in [-0.1, -0.05) is 6.07 Å². The van der Waals surface area contributed by atoms with Gasteiger partial charge in [0.15, 0.2) is 23.2 Å². The van der Waals surface area contributed by atoms with E-state index in [1.54, 1.807) is 6.07 Å². The van der Waals surface area contributed by atoms with Crippen molar-refractivity contribution >= 4 is 17.6 Å². The molecule has 2 aromatic carbocycles. The highest BCUT2D eigenvalue weighted by Gasteiger charge is 2.31. The van der Waals surface area contributed by atoms with Crippen LogP contribution in [0.3, 0.4) is 0 Å². The molecule has 0 radical (unpaired) electrons. The number of aromatic nitrogens is 1. The Morgan fingerprint density at radius 3 is 2.67 bits per heavy atom. The van der Waals surface area contributed by atoms with E-state index in [4.69, 9.17) is 4.74 Å². The highest BCUT2D eigenvalue weighted by molar-refractivity contribution is 6.08. The van der Waals surface area contributed by atoms with E-state index in [-0.39, 0.29) is 47.8 Å². The predicted octanol–water partition coefficient (Wildman–Crippen LogP) is 3.80. The van der Waals surface area contributed by atoms with Crippen LogP contribution in [0, 0.1) is 24.4 Å². The Morgan fingerprint density at radius 1 is 1.18 bits per heavy atom. The topological polar surface area (TPSA) is 71.5 Å². The largest absolute Gasteiger partial charge is 0.488 e. The molecule has 2 amide bonds. The van der Waals surface area contributed by atoms with Gasteiger partial charge in [0.05, 0.1) is 17.7 Å². The van der Waals surface area contributed by atoms with Crippen LogP contribution in [0.15, 0.2) is 42.6 Å². The highest BCUT2D eigenvalue weighted by atomic mass is 19.1. The number of rotatable bonds is 4. The van der Waals surface area contributed by atoms with Gasteiger partial charge in [0.1, 0.15) is 12.4 Å². The number of benzene rings is 2. The fourth-order valence-electron chi connectivity index (χ4n) is 3.73. The quantitative estimate of drug-likeness (QED) is 0.650. The summed E-state index contributed by atoms with van der Waals surface area (Å²) in [5, 5.41) is 2.36. The number of pyridine rings is 1. The third-order valence-electron chi connectivity index (χ3n) is 5.50. The Labute approximate surface area is 188 Å². The molecule has 0 atom stereocenters. The molecule has 4 rings (SSSR count). The lowest BCUT2D eigenvalue weighted by atomic mass is 9.95. The molecule has 1 aromatic heterocycles. The number of ether oxygens (including phenoxy) is 1. The normalized spacial score (nSPS) is 13.2. The van der Waals surface area contributed by atoms with Gasteiger partial charge in [0, 0.05) is 13.2 Å². The Balaban J connectivity index is 1.73. The van der Waals surface area contributed by atoms with Gasteiger partial charge in [-0.15, -0.1) is 0 Å². The van der Waals surface area contributed by atoms with E-state index in [2.05, 4.69) is 10.3 Å². The molecule has 1 N–H and O–H groups in total. The Kier molecular flexibility index (Phi) is 6.04. The average molecular weight is 455 g/mol. The van der Waals surface area contributed by atoms with E-state index in [9.17, 15) is 18.4 Å². The summed E-state index contributed by atoms with van der Waals surface area (Å²) in [5.74, 6) is -3.70. The molecular weight excluding hydrogens is 435 g/mol. The van der Waals surface area contributed by atoms with Crippen molar-refractivity contribution in [2.45, 2.75) is 13.3 Å². The first kappa shape index (κ1) is 22.3. The minimum Gasteiger partial charge on any atom is -0.488 e. The van der Waals surface area contributed by atoms with Crippen LogP contribution < -0.4 is 15.0 Å². The number of halogens is 3. The summed E-state index contributed by atoms with van der Waals surface area (Å²) in [6.45, 7) is 1.48. The fraction of sp³-hybridized carbons (Fsp3) is 0.208. The molecule has 0 fully saturated rings. The molecule has 33 heavy (non-hydrogen) atoms. The number of nitrogens with one attached hydrogen (secondary N) is 1. The maximum atomic E-state index is 15.2. The summed E-state index contributed by atoms with van der Waals surface area (Å²) in [6, 6.07) is 8.16. The monoisotopic (exact) mass is 455 g/mol. The number of amides is 2. The first-order chi connectivity index (χ1) is 15.8. The summed E-state index contributed by atoms with van der Waals surface area (Å²) in [7, 11) is 1.40. The molecule has 0 bridgehead atoms. The van der Waals surface area contributed by atoms with Crippen LogP contribution in [0.1, 0.15) is 37.4 Å². The van der Waals surface area contributed by atoms with Crippen LogP contribution in [0.4, 0.5) is 19.0 Å². The molecule has 6 nitrogen and oxygen atoms in total. The third-order valence-corrected chi connectivity index (χ3v) is 5.50. The standard InChI is InChI=1S/C24H20F3N3O3/c1-13-15(10-14-5-6-16(19(26)11-14)23(31)28-2)12-17-21(20(13)27)33-9-8-30(24(17)32)22-18(25)4-3-7-29-22/h3-7,11-12H,8-10H2,1-2H3,(H,28,31). The number of carbonyl (C=O) groups is 2. The van der Waals surface area contributed by atoms with E-state index in [0.717, 1.165) is 4.90 Å². The SMILES string of the molecule is CNC(=O)c1ccc(Cc2cc3c(c(F)c2C)OCCN(c2ncccc2F)C3=O)cc1F. The zero-order valence-corrected chi connectivity index (χ0v) is 17.9. The van der Waals surface area contributed by atoms with Gasteiger partial charge in [-0.05, 0) is 60.4 Å². The third kappa shape index (κ3) is 4.13. The van der Waals surface area contributed by atoms with Crippen LogP contribution in [0.5, 0.6) is 5.75 Å². The van der Waals surface area contributed by atoms with E-state index in [1.807, 2.05) is 0 Å². The molecule has 0 aliphatic carbocycles. The number of hydrogen-bond acceptors (Lipinski definition) is 4. The number of hydrogen-bond donors (Lipinski definition) is 1. The van der Waals surface area contributed by atoms with Gasteiger partial charge in [0.25, 0.3) is 11.8 Å². The molecule has 2 heterocycles. The van der Waals surface area contributed by atoms with Crippen molar-refractivity contribution in [3.05, 3.63) is 87.9 Å². The van der Waals surface area contributed by atoms with Crippen molar-refractivity contribution in [2.75, 3.05) is 25.1 Å². The van der Waals surface area contributed by atoms with Crippen molar-refractivity contribution in [3.8, 4) is 5.75 Å². The molecule has 3 aromatic rings. The van der Waals surface area contributed by atoms with Gasteiger partial charge >= 0.3 is 0 Å². The van der Waals surface area contributed by atoms with E-state index in [0.29, 0.717) is 11.1 Å². The summed E-state index contributed by atoms with van der Waals surface area (Å²) in [5.41, 5.74) is 0.978. The van der Waals surface area contributed by atoms with Crippen molar-refractivity contribution in [1.29, 1.82) is 0 Å². The molecule has 0 unspecified atom stereocenters. The van der Waals surface area contributed by atoms with Crippen LogP contribution in [-0.4, -0.2) is 37.0 Å². The second-order valence-corrected chi connectivity index (χ2v) is 7.54. The predicted molar refractivity (Wildman–Crippen MR) is 115 cm³/mol. The van der Waals surface area contributed by atoms with E-state index < -0.39 is 29.3 Å². The summed E-state index contributed by atoms with van der Waals surface area (Å²) in [6.07, 6.45) is 1.46. The molecule has 0 saturated heterocycles. The van der Waals surface area contributed by atoms with Crippen molar-refractivity contribution in [2.24, 2.45) is 0 Å². The van der Waals surface area contributed by atoms with Crippen LogP contribution in [-0.2, 0) is 6.42 Å².